The maximum Gasteiger partial charge on any atom is 0.573 e. The number of benzene rings is 2. The van der Waals surface area contributed by atoms with E-state index in [9.17, 15) is 18.0 Å². The zero-order chi connectivity index (χ0) is 16.6. The normalized spacial score (nSPS) is 11.8. The fourth-order valence-corrected chi connectivity index (χ4v) is 2.39. The quantitative estimate of drug-likeness (QED) is 0.726. The minimum atomic E-state index is -4.71. The smallest absolute Gasteiger partial charge is 0.408 e. The van der Waals surface area contributed by atoms with Crippen molar-refractivity contribution in [1.29, 1.82) is 0 Å². The summed E-state index contributed by atoms with van der Waals surface area (Å²) in [5.74, 6) is -0.718. The molecule has 0 fully saturated rings. The highest BCUT2D eigenvalue weighted by Crippen LogP contribution is 2.28. The number of ether oxygens (including phenoxy) is 1. The average Bonchev–Trinajstić information content (AvgIpc) is 2.80. The minimum Gasteiger partial charge on any atom is -0.408 e. The van der Waals surface area contributed by atoms with Gasteiger partial charge in [-0.1, -0.05) is 18.2 Å². The predicted molar refractivity (Wildman–Crippen MR) is 78.3 cm³/mol. The van der Waals surface area contributed by atoms with Gasteiger partial charge < -0.3 is 9.15 Å². The molecule has 3 aromatic rings. The van der Waals surface area contributed by atoms with Gasteiger partial charge in [-0.15, -0.1) is 13.2 Å². The van der Waals surface area contributed by atoms with E-state index in [4.69, 9.17) is 4.42 Å². The highest BCUT2D eigenvalue weighted by atomic mass is 19.4. The van der Waals surface area contributed by atoms with E-state index in [1.165, 1.54) is 28.8 Å². The van der Waals surface area contributed by atoms with Crippen LogP contribution in [-0.4, -0.2) is 10.9 Å². The van der Waals surface area contributed by atoms with Crippen LogP contribution < -0.4 is 10.5 Å². The first-order valence-corrected chi connectivity index (χ1v) is 6.87. The SMILES string of the molecule is CCn1c(=O)oc2ccc(-c3ccc(OC(F)(F)F)cc3)cc21. The third-order valence-corrected chi connectivity index (χ3v) is 3.40. The number of halogens is 3. The van der Waals surface area contributed by atoms with Gasteiger partial charge in [-0.25, -0.2) is 4.79 Å². The van der Waals surface area contributed by atoms with Gasteiger partial charge in [0.25, 0.3) is 0 Å². The summed E-state index contributed by atoms with van der Waals surface area (Å²) in [6.45, 7) is 2.29. The lowest BCUT2D eigenvalue weighted by atomic mass is 10.1. The molecule has 0 saturated carbocycles. The van der Waals surface area contributed by atoms with E-state index in [1.54, 1.807) is 18.2 Å². The molecule has 1 heterocycles. The molecule has 0 N–H and O–H groups in total. The zero-order valence-corrected chi connectivity index (χ0v) is 12.1. The number of nitrogens with zero attached hydrogens (tertiary/aromatic N) is 1. The van der Waals surface area contributed by atoms with Crippen LogP contribution >= 0.6 is 0 Å². The largest absolute Gasteiger partial charge is 0.573 e. The van der Waals surface area contributed by atoms with Crippen molar-refractivity contribution in [2.24, 2.45) is 0 Å². The van der Waals surface area contributed by atoms with Crippen molar-refractivity contribution in [1.82, 2.24) is 4.57 Å². The van der Waals surface area contributed by atoms with Crippen molar-refractivity contribution >= 4 is 11.1 Å². The lowest BCUT2D eigenvalue weighted by Crippen LogP contribution is -2.16. The first-order chi connectivity index (χ1) is 10.9. The molecule has 0 bridgehead atoms. The van der Waals surface area contributed by atoms with E-state index in [0.29, 0.717) is 23.2 Å². The van der Waals surface area contributed by atoms with Crippen LogP contribution in [0.15, 0.2) is 51.7 Å². The number of hydrogen-bond acceptors (Lipinski definition) is 3. The van der Waals surface area contributed by atoms with Gasteiger partial charge in [0.1, 0.15) is 5.75 Å². The predicted octanol–water partition coefficient (Wildman–Crippen LogP) is 4.18. The molecule has 0 unspecified atom stereocenters. The Balaban J connectivity index is 1.98. The molecule has 23 heavy (non-hydrogen) atoms. The van der Waals surface area contributed by atoms with Crippen LogP contribution in [0.5, 0.6) is 5.75 Å². The van der Waals surface area contributed by atoms with Crippen molar-refractivity contribution in [2.45, 2.75) is 19.8 Å². The van der Waals surface area contributed by atoms with Gasteiger partial charge in [0.15, 0.2) is 5.58 Å². The third-order valence-electron chi connectivity index (χ3n) is 3.40. The maximum atomic E-state index is 12.2. The van der Waals surface area contributed by atoms with Gasteiger partial charge in [0.05, 0.1) is 5.52 Å². The van der Waals surface area contributed by atoms with Gasteiger partial charge in [0, 0.05) is 6.54 Å². The topological polar surface area (TPSA) is 44.4 Å². The molecule has 0 radical (unpaired) electrons. The molecule has 3 rings (SSSR count). The number of rotatable bonds is 3. The number of hydrogen-bond donors (Lipinski definition) is 0. The second-order valence-electron chi connectivity index (χ2n) is 4.87. The van der Waals surface area contributed by atoms with Gasteiger partial charge in [0.2, 0.25) is 0 Å². The lowest BCUT2D eigenvalue weighted by Gasteiger charge is -2.09. The molecule has 0 aliphatic heterocycles. The molecule has 7 heteroatoms. The van der Waals surface area contributed by atoms with Crippen LogP contribution in [-0.2, 0) is 6.54 Å². The molecule has 2 aromatic carbocycles. The Morgan fingerprint density at radius 2 is 1.74 bits per heavy atom. The second-order valence-corrected chi connectivity index (χ2v) is 4.87. The molecule has 120 valence electrons. The highest BCUT2D eigenvalue weighted by molar-refractivity contribution is 5.80. The fraction of sp³-hybridized carbons (Fsp3) is 0.188. The van der Waals surface area contributed by atoms with Crippen molar-refractivity contribution in [3.05, 3.63) is 53.0 Å². The van der Waals surface area contributed by atoms with Gasteiger partial charge in [-0.05, 0) is 42.3 Å². The van der Waals surface area contributed by atoms with Crippen LogP contribution in [0.3, 0.4) is 0 Å². The van der Waals surface area contributed by atoms with Gasteiger partial charge in [-0.2, -0.15) is 0 Å². The first kappa shape index (κ1) is 15.2. The summed E-state index contributed by atoms with van der Waals surface area (Å²) in [4.78, 5) is 11.7. The standard InChI is InChI=1S/C16H12F3NO3/c1-2-20-13-9-11(5-8-14(13)22-15(20)21)10-3-6-12(7-4-10)23-16(17,18)19/h3-9H,2H2,1H3. The Morgan fingerprint density at radius 3 is 2.35 bits per heavy atom. The Labute approximate surface area is 128 Å². The molecular formula is C16H12F3NO3. The summed E-state index contributed by atoms with van der Waals surface area (Å²) in [6, 6.07) is 10.7. The Morgan fingerprint density at radius 1 is 1.09 bits per heavy atom. The highest BCUT2D eigenvalue weighted by Gasteiger charge is 2.30. The average molecular weight is 323 g/mol. The summed E-state index contributed by atoms with van der Waals surface area (Å²) in [6.07, 6.45) is -4.71. The van der Waals surface area contributed by atoms with Gasteiger partial charge in [-0.3, -0.25) is 4.57 Å². The Kier molecular flexibility index (Phi) is 3.63. The Hall–Kier alpha value is -2.70. The van der Waals surface area contributed by atoms with Crippen LogP contribution in [0, 0.1) is 0 Å². The van der Waals surface area contributed by atoms with Crippen LogP contribution in [0.2, 0.25) is 0 Å². The molecule has 1 aromatic heterocycles. The molecule has 0 amide bonds. The van der Waals surface area contributed by atoms with Crippen molar-refractivity contribution in [3.63, 3.8) is 0 Å². The van der Waals surface area contributed by atoms with E-state index in [2.05, 4.69) is 4.74 Å². The number of aryl methyl sites for hydroxylation is 1. The van der Waals surface area contributed by atoms with Crippen LogP contribution in [0.4, 0.5) is 13.2 Å². The fourth-order valence-electron chi connectivity index (χ4n) is 2.39. The van der Waals surface area contributed by atoms with E-state index >= 15 is 0 Å². The molecule has 4 nitrogen and oxygen atoms in total. The van der Waals surface area contributed by atoms with Crippen LogP contribution in [0.25, 0.3) is 22.2 Å². The number of fused-ring (bicyclic) bond motifs is 1. The van der Waals surface area contributed by atoms with Crippen LogP contribution in [0.1, 0.15) is 6.92 Å². The monoisotopic (exact) mass is 323 g/mol. The Bertz CT molecular complexity index is 892. The van der Waals surface area contributed by atoms with E-state index in [0.717, 1.165) is 5.56 Å². The molecule has 0 atom stereocenters. The van der Waals surface area contributed by atoms with Crippen molar-refractivity contribution < 1.29 is 22.3 Å². The minimum absolute atomic E-state index is 0.281. The molecule has 0 aliphatic carbocycles. The third kappa shape index (κ3) is 3.08. The van der Waals surface area contributed by atoms with E-state index < -0.39 is 12.1 Å². The summed E-state index contributed by atoms with van der Waals surface area (Å²) in [5, 5.41) is 0. The summed E-state index contributed by atoms with van der Waals surface area (Å²) < 4.78 is 46.9. The van der Waals surface area contributed by atoms with Crippen molar-refractivity contribution in [2.75, 3.05) is 0 Å². The zero-order valence-electron chi connectivity index (χ0n) is 12.1. The second kappa shape index (κ2) is 5.49. The summed E-state index contributed by atoms with van der Waals surface area (Å²) >= 11 is 0. The molecular weight excluding hydrogens is 311 g/mol. The van der Waals surface area contributed by atoms with E-state index in [1.807, 2.05) is 6.92 Å². The molecule has 0 aliphatic rings. The number of oxazole rings is 1. The number of aromatic nitrogens is 1. The molecule has 0 spiro atoms. The number of alkyl halides is 3. The maximum absolute atomic E-state index is 12.2. The molecule has 0 saturated heterocycles. The lowest BCUT2D eigenvalue weighted by molar-refractivity contribution is -0.274. The van der Waals surface area contributed by atoms with Gasteiger partial charge >= 0.3 is 12.1 Å². The summed E-state index contributed by atoms with van der Waals surface area (Å²) in [7, 11) is 0. The summed E-state index contributed by atoms with van der Waals surface area (Å²) in [5.41, 5.74) is 2.58. The van der Waals surface area contributed by atoms with Crippen molar-refractivity contribution in [3.8, 4) is 16.9 Å². The first-order valence-electron chi connectivity index (χ1n) is 6.87. The van der Waals surface area contributed by atoms with E-state index in [-0.39, 0.29) is 5.75 Å².